The number of nitrogens with one attached hydrogen (secondary N) is 1. The summed E-state index contributed by atoms with van der Waals surface area (Å²) < 4.78 is 0. The normalized spacial score (nSPS) is 11.3. The third-order valence-corrected chi connectivity index (χ3v) is 3.73. The fraction of sp³-hybridized carbons (Fsp3) is 0.533. The highest BCUT2D eigenvalue weighted by molar-refractivity contribution is 7.99. The molecule has 0 aliphatic heterocycles. The Balaban J connectivity index is 2.76. The first-order valence-corrected chi connectivity index (χ1v) is 7.35. The number of nitrogens with zero attached hydrogens (tertiary/aromatic N) is 1. The Hall–Kier alpha value is -0.980. The van der Waals surface area contributed by atoms with E-state index in [4.69, 9.17) is 0 Å². The summed E-state index contributed by atoms with van der Waals surface area (Å²) in [6.07, 6.45) is 1.13. The van der Waals surface area contributed by atoms with E-state index in [1.807, 2.05) is 6.07 Å². The second-order valence-corrected chi connectivity index (χ2v) is 6.53. The van der Waals surface area contributed by atoms with Gasteiger partial charge in [-0.25, -0.2) is 0 Å². The van der Waals surface area contributed by atoms with Gasteiger partial charge in [-0.15, -0.1) is 11.8 Å². The lowest BCUT2D eigenvalue weighted by Gasteiger charge is -2.20. The molecule has 3 heteroatoms. The van der Waals surface area contributed by atoms with Crippen molar-refractivity contribution < 1.29 is 0 Å². The molecule has 2 nitrogen and oxygen atoms in total. The van der Waals surface area contributed by atoms with Gasteiger partial charge in [0.05, 0.1) is 5.56 Å². The van der Waals surface area contributed by atoms with Gasteiger partial charge < -0.3 is 5.32 Å². The Morgan fingerprint density at radius 3 is 2.61 bits per heavy atom. The van der Waals surface area contributed by atoms with Crippen molar-refractivity contribution in [2.45, 2.75) is 51.1 Å². The van der Waals surface area contributed by atoms with Gasteiger partial charge in [0, 0.05) is 17.0 Å². The van der Waals surface area contributed by atoms with Crippen LogP contribution in [0.3, 0.4) is 0 Å². The zero-order valence-corrected chi connectivity index (χ0v) is 12.5. The molecule has 98 valence electrons. The van der Waals surface area contributed by atoms with Crippen LogP contribution in [0.1, 0.15) is 45.2 Å². The molecule has 0 saturated heterocycles. The van der Waals surface area contributed by atoms with Gasteiger partial charge in [-0.2, -0.15) is 5.26 Å². The summed E-state index contributed by atoms with van der Waals surface area (Å²) in [4.78, 5) is 1.10. The number of benzene rings is 1. The SMILES string of the molecule is CCCSc1ccc(CNC(C)(C)C)cc1C#N. The predicted octanol–water partition coefficient (Wildman–Crippen LogP) is 3.95. The lowest BCUT2D eigenvalue weighted by atomic mass is 10.1. The predicted molar refractivity (Wildman–Crippen MR) is 78.8 cm³/mol. The standard InChI is InChI=1S/C15H22N2S/c1-5-8-18-14-7-6-12(9-13(14)10-16)11-17-15(2,3)4/h6-7,9,17H,5,8,11H2,1-4H3. The maximum absolute atomic E-state index is 9.19. The van der Waals surface area contributed by atoms with Gasteiger partial charge in [0.2, 0.25) is 0 Å². The molecule has 0 unspecified atom stereocenters. The van der Waals surface area contributed by atoms with Gasteiger partial charge >= 0.3 is 0 Å². The minimum atomic E-state index is 0.0996. The molecule has 0 spiro atoms. The van der Waals surface area contributed by atoms with Crippen molar-refractivity contribution in [3.05, 3.63) is 29.3 Å². The summed E-state index contributed by atoms with van der Waals surface area (Å²) in [6.45, 7) is 9.38. The first-order chi connectivity index (χ1) is 8.46. The van der Waals surface area contributed by atoms with Gasteiger partial charge in [0.1, 0.15) is 6.07 Å². The zero-order chi connectivity index (χ0) is 13.6. The van der Waals surface area contributed by atoms with E-state index in [1.165, 1.54) is 5.56 Å². The minimum absolute atomic E-state index is 0.0996. The number of hydrogen-bond donors (Lipinski definition) is 1. The molecular formula is C15H22N2S. The van der Waals surface area contributed by atoms with Crippen molar-refractivity contribution in [2.24, 2.45) is 0 Å². The smallest absolute Gasteiger partial charge is 0.100 e. The van der Waals surface area contributed by atoms with Crippen molar-refractivity contribution in [3.63, 3.8) is 0 Å². The van der Waals surface area contributed by atoms with Crippen LogP contribution in [-0.2, 0) is 6.54 Å². The van der Waals surface area contributed by atoms with Crippen LogP contribution in [0.25, 0.3) is 0 Å². The molecule has 0 amide bonds. The maximum Gasteiger partial charge on any atom is 0.100 e. The topological polar surface area (TPSA) is 35.8 Å². The average Bonchev–Trinajstić information content (AvgIpc) is 2.33. The fourth-order valence-corrected chi connectivity index (χ4v) is 2.33. The van der Waals surface area contributed by atoms with E-state index in [-0.39, 0.29) is 5.54 Å². The Kier molecular flexibility index (Phi) is 5.71. The van der Waals surface area contributed by atoms with Crippen LogP contribution in [0.2, 0.25) is 0 Å². The highest BCUT2D eigenvalue weighted by Gasteiger charge is 2.09. The van der Waals surface area contributed by atoms with Crippen LogP contribution in [0, 0.1) is 11.3 Å². The van der Waals surface area contributed by atoms with Crippen molar-refractivity contribution in [1.82, 2.24) is 5.32 Å². The second-order valence-electron chi connectivity index (χ2n) is 5.39. The summed E-state index contributed by atoms with van der Waals surface area (Å²) in [5.41, 5.74) is 2.06. The van der Waals surface area contributed by atoms with Crippen molar-refractivity contribution in [3.8, 4) is 6.07 Å². The molecule has 0 atom stereocenters. The monoisotopic (exact) mass is 262 g/mol. The fourth-order valence-electron chi connectivity index (χ4n) is 1.48. The van der Waals surface area contributed by atoms with Crippen LogP contribution in [0.5, 0.6) is 0 Å². The van der Waals surface area contributed by atoms with E-state index >= 15 is 0 Å². The highest BCUT2D eigenvalue weighted by atomic mass is 32.2. The van der Waals surface area contributed by atoms with Crippen LogP contribution < -0.4 is 5.32 Å². The quantitative estimate of drug-likeness (QED) is 0.816. The third-order valence-electron chi connectivity index (χ3n) is 2.45. The highest BCUT2D eigenvalue weighted by Crippen LogP contribution is 2.24. The van der Waals surface area contributed by atoms with Crippen LogP contribution in [0.15, 0.2) is 23.1 Å². The zero-order valence-electron chi connectivity index (χ0n) is 11.7. The van der Waals surface area contributed by atoms with E-state index in [0.29, 0.717) is 0 Å². The molecule has 1 aromatic rings. The number of thioether (sulfide) groups is 1. The van der Waals surface area contributed by atoms with Crippen molar-refractivity contribution >= 4 is 11.8 Å². The van der Waals surface area contributed by atoms with Gasteiger partial charge in [-0.1, -0.05) is 13.0 Å². The number of nitriles is 1. The first-order valence-electron chi connectivity index (χ1n) is 6.37. The Bertz CT molecular complexity index is 427. The maximum atomic E-state index is 9.19. The molecular weight excluding hydrogens is 240 g/mol. The largest absolute Gasteiger partial charge is 0.308 e. The van der Waals surface area contributed by atoms with Crippen LogP contribution >= 0.6 is 11.8 Å². The molecule has 0 fully saturated rings. The Morgan fingerprint density at radius 2 is 2.06 bits per heavy atom. The van der Waals surface area contributed by atoms with Crippen molar-refractivity contribution in [1.29, 1.82) is 5.26 Å². The molecule has 0 aromatic heterocycles. The summed E-state index contributed by atoms with van der Waals surface area (Å²) in [6, 6.07) is 8.47. The van der Waals surface area contributed by atoms with Gasteiger partial charge in [0.15, 0.2) is 0 Å². The third kappa shape index (κ3) is 5.12. The molecule has 1 rings (SSSR count). The molecule has 0 radical (unpaired) electrons. The summed E-state index contributed by atoms with van der Waals surface area (Å²) in [5.74, 6) is 1.06. The average molecular weight is 262 g/mol. The molecule has 0 aliphatic rings. The van der Waals surface area contributed by atoms with Gasteiger partial charge in [-0.3, -0.25) is 0 Å². The van der Waals surface area contributed by atoms with E-state index in [1.54, 1.807) is 11.8 Å². The summed E-state index contributed by atoms with van der Waals surface area (Å²) in [7, 11) is 0. The minimum Gasteiger partial charge on any atom is -0.308 e. The van der Waals surface area contributed by atoms with E-state index in [9.17, 15) is 5.26 Å². The molecule has 18 heavy (non-hydrogen) atoms. The van der Waals surface area contributed by atoms with Gasteiger partial charge in [-0.05, 0) is 50.6 Å². The number of hydrogen-bond acceptors (Lipinski definition) is 3. The van der Waals surface area contributed by atoms with E-state index < -0.39 is 0 Å². The molecule has 0 aliphatic carbocycles. The summed E-state index contributed by atoms with van der Waals surface area (Å²) in [5, 5.41) is 12.6. The molecule has 1 aromatic carbocycles. The lowest BCUT2D eigenvalue weighted by molar-refractivity contribution is 0.424. The molecule has 0 heterocycles. The Morgan fingerprint density at radius 1 is 1.33 bits per heavy atom. The van der Waals surface area contributed by atoms with Crippen LogP contribution in [-0.4, -0.2) is 11.3 Å². The lowest BCUT2D eigenvalue weighted by Crippen LogP contribution is -2.35. The molecule has 1 N–H and O–H groups in total. The Labute approximate surface area is 115 Å². The number of rotatable bonds is 5. The van der Waals surface area contributed by atoms with Crippen LogP contribution in [0.4, 0.5) is 0 Å². The molecule has 0 bridgehead atoms. The molecule has 0 saturated carbocycles. The van der Waals surface area contributed by atoms with Crippen molar-refractivity contribution in [2.75, 3.05) is 5.75 Å². The summed E-state index contributed by atoms with van der Waals surface area (Å²) >= 11 is 1.76. The first kappa shape index (κ1) is 15.1. The van der Waals surface area contributed by atoms with Gasteiger partial charge in [0.25, 0.3) is 0 Å². The van der Waals surface area contributed by atoms with E-state index in [2.05, 4.69) is 51.2 Å². The van der Waals surface area contributed by atoms with E-state index in [0.717, 1.165) is 29.2 Å². The second kappa shape index (κ2) is 6.82.